The number of amides is 1. The summed E-state index contributed by atoms with van der Waals surface area (Å²) in [6, 6.07) is 11.8. The van der Waals surface area contributed by atoms with E-state index in [9.17, 15) is 9.59 Å². The van der Waals surface area contributed by atoms with Gasteiger partial charge >= 0.3 is 5.97 Å². The maximum absolute atomic E-state index is 12.9. The summed E-state index contributed by atoms with van der Waals surface area (Å²) in [6.45, 7) is 1.88. The van der Waals surface area contributed by atoms with Crippen molar-refractivity contribution < 1.29 is 14.3 Å². The highest BCUT2D eigenvalue weighted by Crippen LogP contribution is 2.53. The minimum atomic E-state index is -0.659. The maximum atomic E-state index is 12.9. The molecular weight excluding hydrogens is 437 g/mol. The highest BCUT2D eigenvalue weighted by molar-refractivity contribution is 6.44. The van der Waals surface area contributed by atoms with Gasteiger partial charge in [-0.3, -0.25) is 14.6 Å². The molecule has 1 atom stereocenters. The third-order valence-corrected chi connectivity index (χ3v) is 6.91. The highest BCUT2D eigenvalue weighted by Gasteiger charge is 2.51. The lowest BCUT2D eigenvalue weighted by Gasteiger charge is -2.42. The average molecular weight is 456 g/mol. The van der Waals surface area contributed by atoms with Gasteiger partial charge in [-0.15, -0.1) is 0 Å². The van der Waals surface area contributed by atoms with Gasteiger partial charge in [0.1, 0.15) is 0 Å². The minimum absolute atomic E-state index is 0.234. The van der Waals surface area contributed by atoms with Gasteiger partial charge in [0.05, 0.1) is 21.1 Å². The van der Waals surface area contributed by atoms with Gasteiger partial charge in [-0.2, -0.15) is 0 Å². The number of likely N-dealkylation sites (tertiary alicyclic amines) is 1. The Balaban J connectivity index is 1.68. The first-order chi connectivity index (χ1) is 14.9. The molecule has 1 fully saturated rings. The number of aromatic amines is 1. The molecule has 1 unspecified atom stereocenters. The maximum Gasteiger partial charge on any atom is 0.303 e. The van der Waals surface area contributed by atoms with Crippen molar-refractivity contribution in [2.45, 2.75) is 18.8 Å². The summed E-state index contributed by atoms with van der Waals surface area (Å²) in [6.07, 6.45) is 2.56. The molecule has 8 heteroatoms. The van der Waals surface area contributed by atoms with E-state index in [-0.39, 0.29) is 12.5 Å². The van der Waals surface area contributed by atoms with Gasteiger partial charge in [0.2, 0.25) is 0 Å². The number of carbonyl (C=O) groups excluding carboxylic acids is 2. The smallest absolute Gasteiger partial charge is 0.303 e. The number of nitrogens with zero attached hydrogens (tertiary/aromatic N) is 2. The average Bonchev–Trinajstić information content (AvgIpc) is 3.34. The van der Waals surface area contributed by atoms with E-state index in [1.807, 2.05) is 30.5 Å². The monoisotopic (exact) mass is 455 g/mol. The number of aliphatic imine (C=N–C) groups is 1. The number of hydrogen-bond donors (Lipinski definition) is 1. The second-order valence-electron chi connectivity index (χ2n) is 7.81. The Morgan fingerprint density at radius 2 is 2.00 bits per heavy atom. The summed E-state index contributed by atoms with van der Waals surface area (Å²) in [7, 11) is 0. The number of esters is 1. The predicted molar refractivity (Wildman–Crippen MR) is 120 cm³/mol. The molecule has 158 valence electrons. The number of H-pyrrole nitrogens is 1. The summed E-state index contributed by atoms with van der Waals surface area (Å²) in [4.78, 5) is 34.0. The second-order valence-corrected chi connectivity index (χ2v) is 8.60. The highest BCUT2D eigenvalue weighted by atomic mass is 35.5. The number of piperidine rings is 1. The Bertz CT molecular complexity index is 1270. The van der Waals surface area contributed by atoms with Gasteiger partial charge in [0.15, 0.2) is 6.61 Å². The van der Waals surface area contributed by atoms with E-state index in [0.717, 1.165) is 27.7 Å². The summed E-state index contributed by atoms with van der Waals surface area (Å²) in [5.41, 5.74) is 3.91. The van der Waals surface area contributed by atoms with E-state index in [4.69, 9.17) is 32.9 Å². The van der Waals surface area contributed by atoms with Crippen LogP contribution in [0.25, 0.3) is 10.9 Å². The van der Waals surface area contributed by atoms with Crippen molar-refractivity contribution in [3.63, 3.8) is 0 Å². The molecule has 1 aromatic heterocycles. The third-order valence-electron chi connectivity index (χ3n) is 6.12. The van der Waals surface area contributed by atoms with Crippen LogP contribution in [-0.4, -0.2) is 47.2 Å². The normalized spacial score (nSPS) is 19.7. The molecule has 0 aliphatic carbocycles. The van der Waals surface area contributed by atoms with Crippen molar-refractivity contribution in [3.05, 3.63) is 63.8 Å². The number of aromatic nitrogens is 1. The Hall–Kier alpha value is -2.83. The topological polar surface area (TPSA) is 74.8 Å². The van der Waals surface area contributed by atoms with E-state index in [1.54, 1.807) is 11.0 Å². The first kappa shape index (κ1) is 20.1. The van der Waals surface area contributed by atoms with Crippen molar-refractivity contribution in [2.75, 3.05) is 19.7 Å². The number of para-hydroxylation sites is 1. The van der Waals surface area contributed by atoms with Crippen molar-refractivity contribution in [1.29, 1.82) is 0 Å². The number of carbonyl (C=O) groups is 2. The zero-order chi connectivity index (χ0) is 21.8. The molecule has 3 aromatic rings. The van der Waals surface area contributed by atoms with Gasteiger partial charge in [-0.1, -0.05) is 47.5 Å². The summed E-state index contributed by atoms with van der Waals surface area (Å²) in [5, 5.41) is 1.92. The fourth-order valence-electron chi connectivity index (χ4n) is 4.71. The van der Waals surface area contributed by atoms with Crippen LogP contribution in [0.3, 0.4) is 0 Å². The Morgan fingerprint density at radius 3 is 2.81 bits per heavy atom. The Morgan fingerprint density at radius 1 is 1.19 bits per heavy atom. The second kappa shape index (κ2) is 7.39. The summed E-state index contributed by atoms with van der Waals surface area (Å²) < 4.78 is 4.96. The van der Waals surface area contributed by atoms with Gasteiger partial charge in [0, 0.05) is 49.2 Å². The number of ether oxygens (including phenoxy) is 1. The van der Waals surface area contributed by atoms with E-state index < -0.39 is 11.4 Å². The largest absolute Gasteiger partial charge is 0.456 e. The van der Waals surface area contributed by atoms with Crippen molar-refractivity contribution >= 4 is 57.4 Å². The molecule has 2 aliphatic rings. The van der Waals surface area contributed by atoms with Gasteiger partial charge in [-0.05, 0) is 23.3 Å². The lowest BCUT2D eigenvalue weighted by atomic mass is 9.69. The summed E-state index contributed by atoms with van der Waals surface area (Å²) in [5.74, 6) is -0.714. The molecule has 2 aliphatic heterocycles. The third kappa shape index (κ3) is 3.05. The number of rotatable bonds is 3. The zero-order valence-electron chi connectivity index (χ0n) is 16.7. The molecule has 1 N–H and O–H groups in total. The first-order valence-electron chi connectivity index (χ1n) is 9.96. The first-order valence-corrected chi connectivity index (χ1v) is 10.7. The molecule has 0 bridgehead atoms. The fourth-order valence-corrected chi connectivity index (χ4v) is 5.07. The van der Waals surface area contributed by atoms with Crippen molar-refractivity contribution in [3.8, 4) is 0 Å². The van der Waals surface area contributed by atoms with Crippen molar-refractivity contribution in [2.24, 2.45) is 4.99 Å². The molecule has 0 saturated carbocycles. The van der Waals surface area contributed by atoms with Crippen LogP contribution in [0, 0.1) is 0 Å². The van der Waals surface area contributed by atoms with Gasteiger partial charge in [0.25, 0.3) is 5.91 Å². The summed E-state index contributed by atoms with van der Waals surface area (Å²) >= 11 is 12.8. The number of hydrogen-bond acceptors (Lipinski definition) is 4. The van der Waals surface area contributed by atoms with E-state index in [1.165, 1.54) is 6.92 Å². The van der Waals surface area contributed by atoms with E-state index >= 15 is 0 Å². The quantitative estimate of drug-likeness (QED) is 0.584. The Kier molecular flexibility index (Phi) is 4.79. The molecule has 1 amide bonds. The number of halogens is 2. The molecule has 0 spiro atoms. The zero-order valence-corrected chi connectivity index (χ0v) is 18.3. The molecule has 31 heavy (non-hydrogen) atoms. The van der Waals surface area contributed by atoms with Crippen LogP contribution in [0.15, 0.2) is 47.6 Å². The van der Waals surface area contributed by atoms with E-state index in [2.05, 4.69) is 11.1 Å². The minimum Gasteiger partial charge on any atom is -0.456 e. The van der Waals surface area contributed by atoms with Crippen LogP contribution in [0.4, 0.5) is 5.69 Å². The SMILES string of the molecule is CC(=O)OCC(=O)N1CCC2=Nc3c(ccc(Cl)c3Cl)C2(c2c[nH]c3ccccc23)C1. The molecular formula is C23H19Cl2N3O3. The lowest BCUT2D eigenvalue weighted by molar-refractivity contribution is -0.150. The van der Waals surface area contributed by atoms with Crippen LogP contribution in [0.1, 0.15) is 24.5 Å². The van der Waals surface area contributed by atoms with Crippen LogP contribution in [0.5, 0.6) is 0 Å². The van der Waals surface area contributed by atoms with E-state index in [0.29, 0.717) is 35.2 Å². The number of nitrogens with one attached hydrogen (secondary N) is 1. The Labute approximate surface area is 188 Å². The lowest BCUT2D eigenvalue weighted by Crippen LogP contribution is -2.54. The molecule has 6 nitrogen and oxygen atoms in total. The van der Waals surface area contributed by atoms with Crippen LogP contribution < -0.4 is 0 Å². The van der Waals surface area contributed by atoms with Crippen LogP contribution >= 0.6 is 23.2 Å². The number of benzene rings is 2. The van der Waals surface area contributed by atoms with Crippen molar-refractivity contribution in [1.82, 2.24) is 9.88 Å². The molecule has 0 radical (unpaired) electrons. The van der Waals surface area contributed by atoms with Crippen LogP contribution in [-0.2, 0) is 19.7 Å². The van der Waals surface area contributed by atoms with Crippen LogP contribution in [0.2, 0.25) is 10.0 Å². The molecule has 5 rings (SSSR count). The standard InChI is InChI=1S/C23H19Cl2N3O3/c1-13(29)31-11-20(30)28-9-8-19-23(12-28,15-6-7-17(24)21(25)22(15)27-19)16-10-26-18-5-3-2-4-14(16)18/h2-7,10,26H,8-9,11-12H2,1H3. The van der Waals surface area contributed by atoms with Gasteiger partial charge < -0.3 is 14.6 Å². The fraction of sp³-hybridized carbons (Fsp3) is 0.261. The predicted octanol–water partition coefficient (Wildman–Crippen LogP) is 4.64. The molecule has 3 heterocycles. The molecule has 2 aromatic carbocycles. The molecule has 1 saturated heterocycles. The van der Waals surface area contributed by atoms with Gasteiger partial charge in [-0.25, -0.2) is 0 Å². The number of fused-ring (bicyclic) bond motifs is 4.